The van der Waals surface area contributed by atoms with E-state index in [4.69, 9.17) is 5.11 Å². The summed E-state index contributed by atoms with van der Waals surface area (Å²) in [6, 6.07) is 1.14. The van der Waals surface area contributed by atoms with Crippen molar-refractivity contribution in [1.29, 1.82) is 0 Å². The summed E-state index contributed by atoms with van der Waals surface area (Å²) < 4.78 is 0.621. The fourth-order valence-corrected chi connectivity index (χ4v) is 2.65. The Morgan fingerprint density at radius 1 is 1.48 bits per heavy atom. The van der Waals surface area contributed by atoms with Gasteiger partial charge < -0.3 is 15.3 Å². The standard InChI is InChI=1S/C12H17N5O3S/c1-17(2)5-3-4-13-12(20)14-10-9-7(15-16-10)6-8(21-9)11(18)19/h6H,3-5H2,1-2H3,(H,18,19)(H3,13,14,15,16,20). The highest BCUT2D eigenvalue weighted by Crippen LogP contribution is 2.29. The number of carboxylic acid groups (broad SMARTS) is 1. The molecule has 4 N–H and O–H groups in total. The molecule has 0 aliphatic carbocycles. The average Bonchev–Trinajstić information content (AvgIpc) is 2.96. The molecule has 0 saturated heterocycles. The number of H-pyrrole nitrogens is 1. The highest BCUT2D eigenvalue weighted by molar-refractivity contribution is 7.21. The first-order valence-corrected chi connectivity index (χ1v) is 7.20. The maximum absolute atomic E-state index is 11.7. The lowest BCUT2D eigenvalue weighted by atomic mass is 10.4. The molecule has 0 aliphatic rings. The van der Waals surface area contributed by atoms with Gasteiger partial charge in [0.05, 0.1) is 10.2 Å². The molecule has 9 heteroatoms. The Labute approximate surface area is 125 Å². The van der Waals surface area contributed by atoms with Gasteiger partial charge in [-0.2, -0.15) is 5.10 Å². The van der Waals surface area contributed by atoms with Gasteiger partial charge in [-0.15, -0.1) is 11.3 Å². The van der Waals surface area contributed by atoms with Crippen molar-refractivity contribution in [3.05, 3.63) is 10.9 Å². The Morgan fingerprint density at radius 3 is 2.90 bits per heavy atom. The third-order valence-electron chi connectivity index (χ3n) is 2.75. The van der Waals surface area contributed by atoms with Crippen molar-refractivity contribution < 1.29 is 14.7 Å². The molecule has 114 valence electrons. The first kappa shape index (κ1) is 15.3. The summed E-state index contributed by atoms with van der Waals surface area (Å²) in [4.78, 5) is 24.9. The Hall–Kier alpha value is -2.13. The Bertz CT molecular complexity index is 648. The predicted octanol–water partition coefficient (Wildman–Crippen LogP) is 1.40. The van der Waals surface area contributed by atoms with E-state index < -0.39 is 5.97 Å². The predicted molar refractivity (Wildman–Crippen MR) is 81.1 cm³/mol. The lowest BCUT2D eigenvalue weighted by Gasteiger charge is -2.09. The number of rotatable bonds is 6. The minimum Gasteiger partial charge on any atom is -0.477 e. The molecule has 0 spiro atoms. The lowest BCUT2D eigenvalue weighted by Crippen LogP contribution is -2.31. The largest absolute Gasteiger partial charge is 0.477 e. The fourth-order valence-electron chi connectivity index (χ4n) is 1.76. The Balaban J connectivity index is 1.93. The van der Waals surface area contributed by atoms with E-state index in [-0.39, 0.29) is 10.9 Å². The van der Waals surface area contributed by atoms with Crippen LogP contribution in [0.3, 0.4) is 0 Å². The number of carboxylic acids is 1. The number of carbonyl (C=O) groups excluding carboxylic acids is 1. The fraction of sp³-hybridized carbons (Fsp3) is 0.417. The van der Waals surface area contributed by atoms with Crippen molar-refractivity contribution in [3.8, 4) is 0 Å². The number of hydrogen-bond donors (Lipinski definition) is 4. The van der Waals surface area contributed by atoms with Gasteiger partial charge >= 0.3 is 12.0 Å². The van der Waals surface area contributed by atoms with E-state index in [0.717, 1.165) is 24.3 Å². The van der Waals surface area contributed by atoms with E-state index in [9.17, 15) is 9.59 Å². The van der Waals surface area contributed by atoms with E-state index in [1.165, 1.54) is 6.07 Å². The van der Waals surface area contributed by atoms with Gasteiger partial charge in [-0.25, -0.2) is 9.59 Å². The molecule has 0 bridgehead atoms. The van der Waals surface area contributed by atoms with E-state index in [1.807, 2.05) is 19.0 Å². The zero-order chi connectivity index (χ0) is 15.4. The van der Waals surface area contributed by atoms with Crippen LogP contribution in [-0.2, 0) is 0 Å². The minimum atomic E-state index is -0.997. The van der Waals surface area contributed by atoms with Crippen LogP contribution in [0.15, 0.2) is 6.07 Å². The Morgan fingerprint density at radius 2 is 2.24 bits per heavy atom. The molecule has 0 aliphatic heterocycles. The highest BCUT2D eigenvalue weighted by Gasteiger charge is 2.15. The molecule has 2 aromatic rings. The van der Waals surface area contributed by atoms with Crippen LogP contribution in [0.25, 0.3) is 10.2 Å². The van der Waals surface area contributed by atoms with Gasteiger partial charge in [0, 0.05) is 6.54 Å². The van der Waals surface area contributed by atoms with E-state index >= 15 is 0 Å². The molecule has 0 radical (unpaired) electrons. The summed E-state index contributed by atoms with van der Waals surface area (Å²) in [5.74, 6) is -0.656. The SMILES string of the molecule is CN(C)CCCNC(=O)Nc1n[nH]c2cc(C(=O)O)sc12. The normalized spacial score (nSPS) is 11.0. The molecule has 0 unspecified atom stereocenters. The molecule has 0 saturated carbocycles. The molecular formula is C12H17N5O3S. The molecular weight excluding hydrogens is 294 g/mol. The second kappa shape index (κ2) is 6.55. The monoisotopic (exact) mass is 311 g/mol. The zero-order valence-corrected chi connectivity index (χ0v) is 12.6. The van der Waals surface area contributed by atoms with E-state index in [1.54, 1.807) is 0 Å². The van der Waals surface area contributed by atoms with Crippen LogP contribution in [0.4, 0.5) is 10.6 Å². The van der Waals surface area contributed by atoms with Crippen LogP contribution in [0.2, 0.25) is 0 Å². The second-order valence-electron chi connectivity index (χ2n) is 4.77. The first-order valence-electron chi connectivity index (χ1n) is 6.38. The maximum atomic E-state index is 11.7. The van der Waals surface area contributed by atoms with Crippen molar-refractivity contribution in [3.63, 3.8) is 0 Å². The molecule has 2 rings (SSSR count). The van der Waals surface area contributed by atoms with Crippen LogP contribution in [-0.4, -0.2) is 59.4 Å². The number of anilines is 1. The van der Waals surface area contributed by atoms with Crippen LogP contribution in [0, 0.1) is 0 Å². The van der Waals surface area contributed by atoms with Crippen molar-refractivity contribution in [1.82, 2.24) is 20.4 Å². The summed E-state index contributed by atoms with van der Waals surface area (Å²) in [6.07, 6.45) is 0.846. The number of carbonyl (C=O) groups is 2. The van der Waals surface area contributed by atoms with Gasteiger partial charge in [0.15, 0.2) is 5.82 Å². The molecule has 21 heavy (non-hydrogen) atoms. The molecule has 2 amide bonds. The highest BCUT2D eigenvalue weighted by atomic mass is 32.1. The molecule has 0 atom stereocenters. The molecule has 2 aromatic heterocycles. The van der Waals surface area contributed by atoms with Gasteiger partial charge in [-0.05, 0) is 33.1 Å². The number of hydrogen-bond acceptors (Lipinski definition) is 5. The maximum Gasteiger partial charge on any atom is 0.345 e. The number of aromatic nitrogens is 2. The third-order valence-corrected chi connectivity index (χ3v) is 3.88. The van der Waals surface area contributed by atoms with E-state index in [2.05, 4.69) is 20.8 Å². The summed E-state index contributed by atoms with van der Waals surface area (Å²) in [6.45, 7) is 1.45. The summed E-state index contributed by atoms with van der Waals surface area (Å²) in [7, 11) is 3.94. The van der Waals surface area contributed by atoms with Crippen molar-refractivity contribution >= 4 is 39.4 Å². The van der Waals surface area contributed by atoms with E-state index in [0.29, 0.717) is 22.6 Å². The molecule has 2 heterocycles. The lowest BCUT2D eigenvalue weighted by molar-refractivity contribution is 0.0702. The summed E-state index contributed by atoms with van der Waals surface area (Å²) in [5, 5.41) is 20.9. The third kappa shape index (κ3) is 3.92. The first-order chi connectivity index (χ1) is 9.97. The van der Waals surface area contributed by atoms with Gasteiger partial charge in [0.25, 0.3) is 0 Å². The number of aromatic carboxylic acids is 1. The summed E-state index contributed by atoms with van der Waals surface area (Å²) >= 11 is 1.07. The van der Waals surface area contributed by atoms with Gasteiger partial charge in [0.1, 0.15) is 4.88 Å². The smallest absolute Gasteiger partial charge is 0.345 e. The minimum absolute atomic E-state index is 0.202. The number of nitrogens with zero attached hydrogens (tertiary/aromatic N) is 2. The number of thiophene rings is 1. The van der Waals surface area contributed by atoms with Gasteiger partial charge in [0.2, 0.25) is 0 Å². The van der Waals surface area contributed by atoms with Crippen molar-refractivity contribution in [2.24, 2.45) is 0 Å². The molecule has 0 fully saturated rings. The van der Waals surface area contributed by atoms with Crippen LogP contribution < -0.4 is 10.6 Å². The van der Waals surface area contributed by atoms with Crippen LogP contribution in [0.1, 0.15) is 16.1 Å². The molecule has 8 nitrogen and oxygen atoms in total. The van der Waals surface area contributed by atoms with Gasteiger partial charge in [-0.3, -0.25) is 10.4 Å². The zero-order valence-electron chi connectivity index (χ0n) is 11.8. The number of fused-ring (bicyclic) bond motifs is 1. The molecule has 0 aromatic carbocycles. The summed E-state index contributed by atoms with van der Waals surface area (Å²) in [5.41, 5.74) is 0.598. The van der Waals surface area contributed by atoms with Crippen molar-refractivity contribution in [2.45, 2.75) is 6.42 Å². The quantitative estimate of drug-likeness (QED) is 0.603. The number of nitrogens with one attached hydrogen (secondary N) is 3. The number of amides is 2. The Kier molecular flexibility index (Phi) is 4.76. The number of aromatic amines is 1. The second-order valence-corrected chi connectivity index (χ2v) is 5.82. The average molecular weight is 311 g/mol. The van der Waals surface area contributed by atoms with Crippen molar-refractivity contribution in [2.75, 3.05) is 32.5 Å². The van der Waals surface area contributed by atoms with Crippen LogP contribution >= 0.6 is 11.3 Å². The van der Waals surface area contributed by atoms with Gasteiger partial charge in [-0.1, -0.05) is 0 Å². The topological polar surface area (TPSA) is 110 Å². The van der Waals surface area contributed by atoms with Crippen LogP contribution in [0.5, 0.6) is 0 Å². The number of urea groups is 1.